The van der Waals surface area contributed by atoms with E-state index in [-0.39, 0.29) is 23.1 Å². The first kappa shape index (κ1) is 21.8. The molecule has 11 heteroatoms. The van der Waals surface area contributed by atoms with Gasteiger partial charge < -0.3 is 14.7 Å². The summed E-state index contributed by atoms with van der Waals surface area (Å²) in [5.41, 5.74) is 0.420. The number of ether oxygens (including phenoxy) is 1. The van der Waals surface area contributed by atoms with E-state index in [1.54, 1.807) is 17.0 Å². The highest BCUT2D eigenvalue weighted by Crippen LogP contribution is 2.38. The second-order valence-electron chi connectivity index (χ2n) is 6.34. The molecule has 2 heterocycles. The average Bonchev–Trinajstić information content (AvgIpc) is 3.25. The molecule has 0 aromatic heterocycles. The lowest BCUT2D eigenvalue weighted by atomic mass is 10.2. The first-order valence-corrected chi connectivity index (χ1v) is 11.0. The van der Waals surface area contributed by atoms with Crippen molar-refractivity contribution in [1.82, 2.24) is 9.80 Å². The number of hydrogen-bond acceptors (Lipinski definition) is 6. The molecule has 1 N–H and O–H groups in total. The number of rotatable bonds is 6. The summed E-state index contributed by atoms with van der Waals surface area (Å²) in [4.78, 5) is 50.9. The van der Waals surface area contributed by atoms with Crippen LogP contribution < -0.4 is 4.74 Å². The van der Waals surface area contributed by atoms with Crippen LogP contribution in [-0.4, -0.2) is 64.2 Å². The molecule has 0 radical (unpaired) electrons. The highest BCUT2D eigenvalue weighted by Gasteiger charge is 2.37. The van der Waals surface area contributed by atoms with Crippen LogP contribution in [0.15, 0.2) is 26.0 Å². The number of benzene rings is 1. The lowest BCUT2D eigenvalue weighted by molar-refractivity contribution is -0.139. The Morgan fingerprint density at radius 1 is 1.21 bits per heavy atom. The average molecular weight is 548 g/mol. The number of hydrogen-bond donors (Lipinski definition) is 1. The maximum Gasteiger partial charge on any atom is 0.341 e. The Morgan fingerprint density at radius 3 is 2.55 bits per heavy atom. The molecular formula is C18H16Br2N2O6S. The van der Waals surface area contributed by atoms with E-state index in [1.807, 2.05) is 0 Å². The summed E-state index contributed by atoms with van der Waals surface area (Å²) < 4.78 is 6.48. The van der Waals surface area contributed by atoms with E-state index in [0.29, 0.717) is 27.6 Å². The van der Waals surface area contributed by atoms with Crippen molar-refractivity contribution in [2.45, 2.75) is 12.8 Å². The third-order valence-corrected chi connectivity index (χ3v) is 6.24. The van der Waals surface area contributed by atoms with Crippen LogP contribution in [0.4, 0.5) is 4.79 Å². The van der Waals surface area contributed by atoms with Crippen LogP contribution >= 0.6 is 43.6 Å². The van der Waals surface area contributed by atoms with Crippen molar-refractivity contribution in [3.8, 4) is 5.75 Å². The zero-order chi connectivity index (χ0) is 21.1. The van der Waals surface area contributed by atoms with Crippen LogP contribution in [0, 0.1) is 0 Å². The Labute approximate surface area is 187 Å². The maximum absolute atomic E-state index is 12.7. The van der Waals surface area contributed by atoms with Gasteiger partial charge in [0.2, 0.25) is 5.91 Å². The quantitative estimate of drug-likeness (QED) is 0.545. The summed E-state index contributed by atoms with van der Waals surface area (Å²) >= 11 is 7.38. The normalized spacial score (nSPS) is 18.1. The second kappa shape index (κ2) is 9.31. The standard InChI is InChI=1S/C18H16Br2N2O6S/c19-11-5-10(16(12(20)7-11)28-9-15(24)25)6-13-17(26)22(18(27)29-13)8-14(23)21-3-1-2-4-21/h5-7H,1-4,8-9H2,(H,24,25)/b13-6-. The van der Waals surface area contributed by atoms with Crippen LogP contribution in [0.5, 0.6) is 5.75 Å². The van der Waals surface area contributed by atoms with Crippen LogP contribution in [0.3, 0.4) is 0 Å². The van der Waals surface area contributed by atoms with E-state index >= 15 is 0 Å². The number of aliphatic carboxylic acids is 1. The minimum atomic E-state index is -1.15. The van der Waals surface area contributed by atoms with Crippen LogP contribution in [0.25, 0.3) is 6.08 Å². The van der Waals surface area contributed by atoms with Crippen molar-refractivity contribution in [3.63, 3.8) is 0 Å². The molecule has 29 heavy (non-hydrogen) atoms. The van der Waals surface area contributed by atoms with Crippen molar-refractivity contribution in [2.75, 3.05) is 26.2 Å². The van der Waals surface area contributed by atoms with E-state index < -0.39 is 23.7 Å². The molecule has 2 aliphatic rings. The Bertz CT molecular complexity index is 914. The monoisotopic (exact) mass is 546 g/mol. The minimum Gasteiger partial charge on any atom is -0.480 e. The van der Waals surface area contributed by atoms with E-state index in [9.17, 15) is 19.2 Å². The largest absolute Gasteiger partial charge is 0.480 e. The van der Waals surface area contributed by atoms with Crippen molar-refractivity contribution >= 4 is 72.7 Å². The number of carbonyl (C=O) groups excluding carboxylic acids is 3. The molecule has 0 saturated carbocycles. The van der Waals surface area contributed by atoms with Gasteiger partial charge in [-0.1, -0.05) is 15.9 Å². The van der Waals surface area contributed by atoms with Gasteiger partial charge in [-0.25, -0.2) is 4.79 Å². The van der Waals surface area contributed by atoms with Gasteiger partial charge >= 0.3 is 5.97 Å². The van der Waals surface area contributed by atoms with Gasteiger partial charge in [0, 0.05) is 23.1 Å². The first-order chi connectivity index (χ1) is 13.8. The fraction of sp³-hybridized carbons (Fsp3) is 0.333. The summed E-state index contributed by atoms with van der Waals surface area (Å²) in [7, 11) is 0. The lowest BCUT2D eigenvalue weighted by Gasteiger charge is -2.18. The third-order valence-electron chi connectivity index (χ3n) is 4.29. The van der Waals surface area contributed by atoms with Crippen molar-refractivity contribution in [2.24, 2.45) is 0 Å². The number of amides is 3. The van der Waals surface area contributed by atoms with Gasteiger partial charge in [0.05, 0.1) is 9.38 Å². The van der Waals surface area contributed by atoms with Crippen LogP contribution in [0.2, 0.25) is 0 Å². The smallest absolute Gasteiger partial charge is 0.341 e. The molecule has 0 spiro atoms. The Balaban J connectivity index is 1.83. The number of carboxylic acid groups (broad SMARTS) is 1. The second-order valence-corrected chi connectivity index (χ2v) is 9.11. The molecular weight excluding hydrogens is 532 g/mol. The fourth-order valence-corrected chi connectivity index (χ4v) is 5.15. The number of likely N-dealkylation sites (tertiary alicyclic amines) is 1. The number of nitrogens with zero attached hydrogens (tertiary/aromatic N) is 2. The van der Waals surface area contributed by atoms with Gasteiger partial charge in [0.25, 0.3) is 11.1 Å². The van der Waals surface area contributed by atoms with Crippen LogP contribution in [0.1, 0.15) is 18.4 Å². The predicted octanol–water partition coefficient (Wildman–Crippen LogP) is 3.33. The predicted molar refractivity (Wildman–Crippen MR) is 113 cm³/mol. The summed E-state index contributed by atoms with van der Waals surface area (Å²) in [6.07, 6.45) is 3.30. The molecule has 3 rings (SSSR count). The molecule has 1 aromatic rings. The zero-order valence-corrected chi connectivity index (χ0v) is 19.0. The van der Waals surface area contributed by atoms with Crippen LogP contribution in [-0.2, 0) is 14.4 Å². The van der Waals surface area contributed by atoms with E-state index in [0.717, 1.165) is 29.5 Å². The molecule has 2 aliphatic heterocycles. The summed E-state index contributed by atoms with van der Waals surface area (Å²) in [5.74, 6) is -1.73. The number of carbonyl (C=O) groups is 4. The molecule has 8 nitrogen and oxygen atoms in total. The Morgan fingerprint density at radius 2 is 1.90 bits per heavy atom. The van der Waals surface area contributed by atoms with E-state index in [2.05, 4.69) is 31.9 Å². The molecule has 2 fully saturated rings. The van der Waals surface area contributed by atoms with Gasteiger partial charge in [0.15, 0.2) is 6.61 Å². The van der Waals surface area contributed by atoms with Gasteiger partial charge in [-0.2, -0.15) is 0 Å². The van der Waals surface area contributed by atoms with Gasteiger partial charge in [-0.3, -0.25) is 19.3 Å². The van der Waals surface area contributed by atoms with Gasteiger partial charge in [-0.15, -0.1) is 0 Å². The van der Waals surface area contributed by atoms with Crippen molar-refractivity contribution in [1.29, 1.82) is 0 Å². The molecule has 3 amide bonds. The summed E-state index contributed by atoms with van der Waals surface area (Å²) in [6.45, 7) is 0.432. The summed E-state index contributed by atoms with van der Waals surface area (Å²) in [5, 5.41) is 8.35. The lowest BCUT2D eigenvalue weighted by Crippen LogP contribution is -2.40. The highest BCUT2D eigenvalue weighted by atomic mass is 79.9. The zero-order valence-electron chi connectivity index (χ0n) is 15.0. The highest BCUT2D eigenvalue weighted by molar-refractivity contribution is 9.11. The molecule has 0 aliphatic carbocycles. The molecule has 0 atom stereocenters. The number of thioether (sulfide) groups is 1. The van der Waals surface area contributed by atoms with E-state index in [1.165, 1.54) is 6.08 Å². The number of imide groups is 1. The molecule has 1 aromatic carbocycles. The van der Waals surface area contributed by atoms with Gasteiger partial charge in [-0.05, 0) is 58.7 Å². The maximum atomic E-state index is 12.7. The van der Waals surface area contributed by atoms with Crippen molar-refractivity contribution < 1.29 is 29.0 Å². The first-order valence-electron chi connectivity index (χ1n) is 8.63. The molecule has 0 bridgehead atoms. The molecule has 2 saturated heterocycles. The minimum absolute atomic E-state index is 0.134. The Hall–Kier alpha value is -1.85. The molecule has 154 valence electrons. The van der Waals surface area contributed by atoms with Gasteiger partial charge in [0.1, 0.15) is 12.3 Å². The SMILES string of the molecule is O=C(O)COc1c(Br)cc(Br)cc1/C=C1\SC(=O)N(CC(=O)N2CCCC2)C1=O. The Kier molecular flexibility index (Phi) is 7.01. The molecule has 0 unspecified atom stereocenters. The van der Waals surface area contributed by atoms with E-state index in [4.69, 9.17) is 9.84 Å². The summed E-state index contributed by atoms with van der Waals surface area (Å²) in [6, 6.07) is 3.32. The third kappa shape index (κ3) is 5.20. The topological polar surface area (TPSA) is 104 Å². The number of carboxylic acids is 1. The number of halogens is 2. The fourth-order valence-electron chi connectivity index (χ4n) is 2.95. The van der Waals surface area contributed by atoms with Crippen molar-refractivity contribution in [3.05, 3.63) is 31.5 Å².